The van der Waals surface area contributed by atoms with Crippen LogP contribution in [0.25, 0.3) is 0 Å². The Morgan fingerprint density at radius 1 is 1.23 bits per heavy atom. The number of rotatable bonds is 6. The molecular formula is C17H27N3O2. The first-order valence-electron chi connectivity index (χ1n) is 7.78. The fourth-order valence-corrected chi connectivity index (χ4v) is 2.40. The van der Waals surface area contributed by atoms with Crippen LogP contribution in [0.3, 0.4) is 0 Å². The average Bonchev–Trinajstić information content (AvgIpc) is 2.47. The molecule has 1 atom stereocenters. The van der Waals surface area contributed by atoms with Crippen LogP contribution in [-0.4, -0.2) is 25.0 Å². The van der Waals surface area contributed by atoms with E-state index in [1.165, 1.54) is 11.1 Å². The second kappa shape index (κ2) is 8.41. The molecule has 0 spiro atoms. The van der Waals surface area contributed by atoms with Crippen molar-refractivity contribution >= 4 is 17.6 Å². The number of hydrogen-bond acceptors (Lipinski definition) is 2. The summed E-state index contributed by atoms with van der Waals surface area (Å²) in [5.74, 6) is 0.215. The van der Waals surface area contributed by atoms with Crippen molar-refractivity contribution in [1.29, 1.82) is 0 Å². The van der Waals surface area contributed by atoms with E-state index in [1.807, 2.05) is 25.1 Å². The van der Waals surface area contributed by atoms with Gasteiger partial charge in [-0.3, -0.25) is 4.79 Å². The molecule has 0 fully saturated rings. The largest absolute Gasteiger partial charge is 0.357 e. The molecule has 1 rings (SSSR count). The Bertz CT molecular complexity index is 527. The third-order valence-corrected chi connectivity index (χ3v) is 3.60. The molecule has 3 N–H and O–H groups in total. The van der Waals surface area contributed by atoms with Gasteiger partial charge in [0, 0.05) is 12.7 Å². The Balaban J connectivity index is 2.75. The van der Waals surface area contributed by atoms with Crippen molar-refractivity contribution in [1.82, 2.24) is 10.6 Å². The molecule has 0 aliphatic carbocycles. The molecule has 122 valence electrons. The molecule has 0 heterocycles. The number of aryl methyl sites for hydroxylation is 1. The quantitative estimate of drug-likeness (QED) is 0.755. The highest BCUT2D eigenvalue weighted by atomic mass is 16.2. The molecule has 0 radical (unpaired) electrons. The molecular weight excluding hydrogens is 278 g/mol. The minimum Gasteiger partial charge on any atom is -0.357 e. The summed E-state index contributed by atoms with van der Waals surface area (Å²) in [6, 6.07) is 4.97. The number of nitrogens with one attached hydrogen (secondary N) is 3. The summed E-state index contributed by atoms with van der Waals surface area (Å²) in [4.78, 5) is 23.8. The zero-order valence-corrected chi connectivity index (χ0v) is 14.1. The van der Waals surface area contributed by atoms with Gasteiger partial charge in [-0.1, -0.05) is 33.3 Å². The average molecular weight is 305 g/mol. The van der Waals surface area contributed by atoms with Gasteiger partial charge in [0.2, 0.25) is 5.91 Å². The predicted octanol–water partition coefficient (Wildman–Crippen LogP) is 3.15. The van der Waals surface area contributed by atoms with E-state index in [-0.39, 0.29) is 11.9 Å². The molecule has 1 aromatic rings. The lowest BCUT2D eigenvalue weighted by Gasteiger charge is -2.18. The van der Waals surface area contributed by atoms with Gasteiger partial charge in [-0.2, -0.15) is 0 Å². The molecule has 1 unspecified atom stereocenters. The zero-order chi connectivity index (χ0) is 16.7. The smallest absolute Gasteiger partial charge is 0.319 e. The third-order valence-electron chi connectivity index (χ3n) is 3.60. The Hall–Kier alpha value is -2.04. The molecule has 0 bridgehead atoms. The van der Waals surface area contributed by atoms with Crippen molar-refractivity contribution in [3.05, 3.63) is 29.3 Å². The van der Waals surface area contributed by atoms with Gasteiger partial charge in [-0.15, -0.1) is 0 Å². The second-order valence-electron chi connectivity index (χ2n) is 5.78. The van der Waals surface area contributed by atoms with Crippen LogP contribution >= 0.6 is 0 Å². The van der Waals surface area contributed by atoms with Crippen LogP contribution in [-0.2, 0) is 4.79 Å². The molecule has 22 heavy (non-hydrogen) atoms. The predicted molar refractivity (Wildman–Crippen MR) is 90.2 cm³/mol. The van der Waals surface area contributed by atoms with E-state index < -0.39 is 6.04 Å². The Morgan fingerprint density at radius 2 is 1.91 bits per heavy atom. The van der Waals surface area contributed by atoms with Crippen LogP contribution in [0.1, 0.15) is 50.7 Å². The fraction of sp³-hybridized carbons (Fsp3) is 0.529. The van der Waals surface area contributed by atoms with E-state index in [2.05, 4.69) is 36.7 Å². The Labute approximate surface area is 132 Å². The highest BCUT2D eigenvalue weighted by Crippen LogP contribution is 2.22. The standard InChI is InChI=1S/C17H27N3O2/c1-6-7-15(16(21)18-5)20-17(22)19-13-9-8-12(4)14(10-13)11(2)3/h8-11,15H,6-7H2,1-5H3,(H,18,21)(H2,19,20,22). The van der Waals surface area contributed by atoms with Crippen LogP contribution in [0.15, 0.2) is 18.2 Å². The van der Waals surface area contributed by atoms with E-state index in [4.69, 9.17) is 0 Å². The summed E-state index contributed by atoms with van der Waals surface area (Å²) < 4.78 is 0. The van der Waals surface area contributed by atoms with Gasteiger partial charge in [-0.05, 0) is 42.5 Å². The first-order valence-corrected chi connectivity index (χ1v) is 7.78. The summed E-state index contributed by atoms with van der Waals surface area (Å²) in [5, 5.41) is 8.09. The molecule has 1 aromatic carbocycles. The van der Waals surface area contributed by atoms with Crippen molar-refractivity contribution in [3.8, 4) is 0 Å². The Kier molecular flexibility index (Phi) is 6.89. The number of carbonyl (C=O) groups is 2. The van der Waals surface area contributed by atoms with E-state index in [1.54, 1.807) is 7.05 Å². The van der Waals surface area contributed by atoms with Crippen LogP contribution in [0, 0.1) is 6.92 Å². The van der Waals surface area contributed by atoms with Crippen LogP contribution in [0.2, 0.25) is 0 Å². The van der Waals surface area contributed by atoms with Crippen LogP contribution < -0.4 is 16.0 Å². The van der Waals surface area contributed by atoms with Crippen molar-refractivity contribution in [3.63, 3.8) is 0 Å². The zero-order valence-electron chi connectivity index (χ0n) is 14.1. The van der Waals surface area contributed by atoms with Gasteiger partial charge in [-0.25, -0.2) is 4.79 Å². The molecule has 0 aromatic heterocycles. The number of amides is 3. The maximum atomic E-state index is 12.1. The van der Waals surface area contributed by atoms with E-state index in [0.717, 1.165) is 12.1 Å². The molecule has 0 saturated heterocycles. The molecule has 0 aliphatic rings. The van der Waals surface area contributed by atoms with Crippen molar-refractivity contribution < 1.29 is 9.59 Å². The van der Waals surface area contributed by atoms with Crippen molar-refractivity contribution in [2.24, 2.45) is 0 Å². The summed E-state index contributed by atoms with van der Waals surface area (Å²) in [7, 11) is 1.57. The maximum Gasteiger partial charge on any atom is 0.319 e. The van der Waals surface area contributed by atoms with E-state index in [9.17, 15) is 9.59 Å². The van der Waals surface area contributed by atoms with E-state index >= 15 is 0 Å². The normalized spacial score (nSPS) is 11.9. The monoisotopic (exact) mass is 305 g/mol. The van der Waals surface area contributed by atoms with Crippen molar-refractivity contribution in [2.75, 3.05) is 12.4 Å². The number of urea groups is 1. The lowest BCUT2D eigenvalue weighted by Crippen LogP contribution is -2.47. The first-order chi connectivity index (χ1) is 10.4. The van der Waals surface area contributed by atoms with Crippen molar-refractivity contribution in [2.45, 2.75) is 52.5 Å². The lowest BCUT2D eigenvalue weighted by molar-refractivity contribution is -0.122. The maximum absolute atomic E-state index is 12.1. The topological polar surface area (TPSA) is 70.2 Å². The highest BCUT2D eigenvalue weighted by Gasteiger charge is 2.18. The number of hydrogen-bond donors (Lipinski definition) is 3. The fourth-order valence-electron chi connectivity index (χ4n) is 2.40. The summed E-state index contributed by atoms with van der Waals surface area (Å²) in [5.41, 5.74) is 3.14. The van der Waals surface area contributed by atoms with Gasteiger partial charge in [0.05, 0.1) is 0 Å². The van der Waals surface area contributed by atoms with Gasteiger partial charge in [0.15, 0.2) is 0 Å². The molecule has 0 saturated carbocycles. The number of carbonyl (C=O) groups excluding carboxylic acids is 2. The summed E-state index contributed by atoms with van der Waals surface area (Å²) in [6.45, 7) is 8.27. The van der Waals surface area contributed by atoms with Gasteiger partial charge in [0.1, 0.15) is 6.04 Å². The number of benzene rings is 1. The first kappa shape index (κ1) is 18.0. The summed E-state index contributed by atoms with van der Waals surface area (Å²) >= 11 is 0. The van der Waals surface area contributed by atoms with Gasteiger partial charge in [0.25, 0.3) is 0 Å². The number of likely N-dealkylation sites (N-methyl/N-ethyl adjacent to an activating group) is 1. The van der Waals surface area contributed by atoms with Crippen LogP contribution in [0.5, 0.6) is 0 Å². The highest BCUT2D eigenvalue weighted by molar-refractivity contribution is 5.93. The molecule has 5 heteroatoms. The minimum absolute atomic E-state index is 0.177. The summed E-state index contributed by atoms with van der Waals surface area (Å²) in [6.07, 6.45) is 1.43. The lowest BCUT2D eigenvalue weighted by atomic mass is 9.97. The van der Waals surface area contributed by atoms with E-state index in [0.29, 0.717) is 12.3 Å². The van der Waals surface area contributed by atoms with Gasteiger partial charge < -0.3 is 16.0 Å². The Morgan fingerprint density at radius 3 is 2.45 bits per heavy atom. The molecule has 3 amide bonds. The second-order valence-corrected chi connectivity index (χ2v) is 5.78. The SMILES string of the molecule is CCCC(NC(=O)Nc1ccc(C)c(C(C)C)c1)C(=O)NC. The molecule has 0 aliphatic heterocycles. The van der Waals surface area contributed by atoms with Gasteiger partial charge >= 0.3 is 6.03 Å². The minimum atomic E-state index is -0.509. The number of anilines is 1. The van der Waals surface area contributed by atoms with Crippen LogP contribution in [0.4, 0.5) is 10.5 Å². The molecule has 5 nitrogen and oxygen atoms in total. The third kappa shape index (κ3) is 5.06.